The number of rotatable bonds is 6. The van der Waals surface area contributed by atoms with Crippen LogP contribution in [0.1, 0.15) is 16.2 Å². The van der Waals surface area contributed by atoms with Crippen LogP contribution in [0.5, 0.6) is 0 Å². The number of carbonyl (C=O) groups is 1. The van der Waals surface area contributed by atoms with Crippen molar-refractivity contribution in [1.82, 2.24) is 25.0 Å². The number of hydrogen-bond acceptors (Lipinski definition) is 6. The van der Waals surface area contributed by atoms with Gasteiger partial charge in [-0.25, -0.2) is 14.6 Å². The maximum atomic E-state index is 12.9. The Bertz CT molecular complexity index is 1120. The molecule has 0 saturated heterocycles. The first-order valence-corrected chi connectivity index (χ1v) is 10.0. The van der Waals surface area contributed by atoms with Crippen molar-refractivity contribution in [2.45, 2.75) is 10.9 Å². The van der Waals surface area contributed by atoms with Gasteiger partial charge >= 0.3 is 0 Å². The summed E-state index contributed by atoms with van der Waals surface area (Å²) in [6.45, 7) is 0. The fourth-order valence-corrected chi connectivity index (χ4v) is 3.62. The van der Waals surface area contributed by atoms with Gasteiger partial charge < -0.3 is 5.32 Å². The highest BCUT2D eigenvalue weighted by atomic mass is 35.5. The highest BCUT2D eigenvalue weighted by Crippen LogP contribution is 2.23. The van der Waals surface area contributed by atoms with Gasteiger partial charge in [0.15, 0.2) is 10.9 Å². The van der Waals surface area contributed by atoms with Crippen LogP contribution in [0.25, 0.3) is 5.69 Å². The Morgan fingerprint density at radius 2 is 1.83 bits per heavy atom. The molecule has 7 nitrogen and oxygen atoms in total. The number of aromatic nitrogens is 5. The molecule has 0 saturated carbocycles. The molecule has 0 spiro atoms. The minimum atomic E-state index is -0.362. The zero-order valence-electron chi connectivity index (χ0n) is 15.1. The van der Waals surface area contributed by atoms with Crippen molar-refractivity contribution in [3.05, 3.63) is 89.5 Å². The molecule has 1 N–H and O–H groups in total. The first-order valence-electron chi connectivity index (χ1n) is 8.67. The predicted molar refractivity (Wildman–Crippen MR) is 112 cm³/mol. The Morgan fingerprint density at radius 3 is 2.59 bits per heavy atom. The van der Waals surface area contributed by atoms with E-state index in [0.717, 1.165) is 5.69 Å². The fraction of sp³-hybridized carbons (Fsp3) is 0.0500. The third-order valence-corrected chi connectivity index (χ3v) is 5.06. The van der Waals surface area contributed by atoms with E-state index < -0.39 is 0 Å². The van der Waals surface area contributed by atoms with Crippen molar-refractivity contribution in [1.29, 1.82) is 0 Å². The molecule has 4 rings (SSSR count). The summed E-state index contributed by atoms with van der Waals surface area (Å²) in [6, 6.07) is 18.2. The second kappa shape index (κ2) is 8.85. The number of amides is 1. The van der Waals surface area contributed by atoms with Crippen LogP contribution in [0.2, 0.25) is 5.02 Å². The summed E-state index contributed by atoms with van der Waals surface area (Å²) in [5.41, 5.74) is 2.28. The van der Waals surface area contributed by atoms with Gasteiger partial charge in [0, 0.05) is 28.9 Å². The number of hydrogen-bond donors (Lipinski definition) is 1. The van der Waals surface area contributed by atoms with E-state index in [-0.39, 0.29) is 11.6 Å². The Labute approximate surface area is 176 Å². The first-order chi connectivity index (χ1) is 14.2. The van der Waals surface area contributed by atoms with E-state index in [1.165, 1.54) is 11.8 Å². The summed E-state index contributed by atoms with van der Waals surface area (Å²) >= 11 is 7.41. The number of anilines is 1. The number of benzene rings is 2. The summed E-state index contributed by atoms with van der Waals surface area (Å²) < 4.78 is 1.66. The largest absolute Gasteiger partial charge is 0.320 e. The lowest BCUT2D eigenvalue weighted by molar-refractivity contribution is 0.102. The highest BCUT2D eigenvalue weighted by Gasteiger charge is 2.21. The van der Waals surface area contributed by atoms with Crippen LogP contribution >= 0.6 is 23.4 Å². The second-order valence-corrected chi connectivity index (χ2v) is 7.30. The highest BCUT2D eigenvalue weighted by molar-refractivity contribution is 7.98. The summed E-state index contributed by atoms with van der Waals surface area (Å²) in [4.78, 5) is 21.3. The molecule has 9 heteroatoms. The molecule has 4 aromatic rings. The topological polar surface area (TPSA) is 85.6 Å². The fourth-order valence-electron chi connectivity index (χ4n) is 2.63. The molecule has 1 amide bonds. The van der Waals surface area contributed by atoms with Gasteiger partial charge in [-0.2, -0.15) is 0 Å². The Kier molecular flexibility index (Phi) is 5.83. The molecule has 0 aliphatic rings. The van der Waals surface area contributed by atoms with Crippen LogP contribution in [0.15, 0.2) is 78.2 Å². The van der Waals surface area contributed by atoms with Gasteiger partial charge in [-0.15, -0.1) is 5.10 Å². The van der Waals surface area contributed by atoms with Crippen LogP contribution in [-0.2, 0) is 5.75 Å². The number of thioether (sulfide) groups is 1. The first kappa shape index (κ1) is 19.1. The van der Waals surface area contributed by atoms with E-state index in [0.29, 0.717) is 27.3 Å². The minimum absolute atomic E-state index is 0.234. The van der Waals surface area contributed by atoms with Crippen LogP contribution in [-0.4, -0.2) is 30.9 Å². The molecule has 2 heterocycles. The van der Waals surface area contributed by atoms with Crippen LogP contribution in [0.3, 0.4) is 0 Å². The standard InChI is InChI=1S/C20H15ClN6OS/c21-14-6-4-7-15(12-14)24-19(28)18-17(13-29-20-22-10-5-11-23-20)27(26-25-18)16-8-2-1-3-9-16/h1-12H,13H2,(H,24,28). The van der Waals surface area contributed by atoms with Crippen LogP contribution in [0, 0.1) is 0 Å². The number of para-hydroxylation sites is 1. The van der Waals surface area contributed by atoms with Crippen molar-refractivity contribution in [3.63, 3.8) is 0 Å². The summed E-state index contributed by atoms with van der Waals surface area (Å²) in [7, 11) is 0. The summed E-state index contributed by atoms with van der Waals surface area (Å²) in [5, 5.41) is 12.3. The van der Waals surface area contributed by atoms with E-state index in [9.17, 15) is 4.79 Å². The van der Waals surface area contributed by atoms with Gasteiger partial charge in [0.05, 0.1) is 11.4 Å². The third-order valence-electron chi connectivity index (χ3n) is 3.94. The Balaban J connectivity index is 1.65. The van der Waals surface area contributed by atoms with E-state index in [1.807, 2.05) is 30.3 Å². The molecule has 144 valence electrons. The van der Waals surface area contributed by atoms with E-state index in [1.54, 1.807) is 47.4 Å². The molecule has 0 aliphatic carbocycles. The summed E-state index contributed by atoms with van der Waals surface area (Å²) in [6.07, 6.45) is 3.35. The lowest BCUT2D eigenvalue weighted by Gasteiger charge is -2.08. The zero-order chi connectivity index (χ0) is 20.1. The number of nitrogens with one attached hydrogen (secondary N) is 1. The molecule has 0 radical (unpaired) electrons. The molecular formula is C20H15ClN6OS. The molecule has 2 aromatic heterocycles. The summed E-state index contributed by atoms with van der Waals surface area (Å²) in [5.74, 6) is 0.0588. The lowest BCUT2D eigenvalue weighted by atomic mass is 10.2. The normalized spacial score (nSPS) is 10.7. The van der Waals surface area contributed by atoms with Gasteiger partial charge in [-0.1, -0.05) is 52.8 Å². The number of carbonyl (C=O) groups excluding carboxylic acids is 1. The van der Waals surface area contributed by atoms with Crippen molar-refractivity contribution >= 4 is 35.0 Å². The van der Waals surface area contributed by atoms with Gasteiger partial charge in [0.2, 0.25) is 0 Å². The van der Waals surface area contributed by atoms with Crippen molar-refractivity contribution in [2.24, 2.45) is 0 Å². The second-order valence-electron chi connectivity index (χ2n) is 5.92. The third kappa shape index (κ3) is 4.61. The molecule has 0 aliphatic heterocycles. The molecular weight excluding hydrogens is 408 g/mol. The Hall–Kier alpha value is -3.23. The van der Waals surface area contributed by atoms with E-state index >= 15 is 0 Å². The van der Waals surface area contributed by atoms with Crippen LogP contribution < -0.4 is 5.32 Å². The molecule has 0 unspecified atom stereocenters. The average molecular weight is 423 g/mol. The maximum absolute atomic E-state index is 12.9. The number of nitrogens with zero attached hydrogens (tertiary/aromatic N) is 5. The minimum Gasteiger partial charge on any atom is -0.320 e. The van der Waals surface area contributed by atoms with Gasteiger partial charge in [-0.3, -0.25) is 4.79 Å². The van der Waals surface area contributed by atoms with E-state index in [4.69, 9.17) is 11.6 Å². The number of halogens is 1. The average Bonchev–Trinajstić information content (AvgIpc) is 3.18. The van der Waals surface area contributed by atoms with Gasteiger partial charge in [-0.05, 0) is 36.4 Å². The molecule has 0 fully saturated rings. The smallest absolute Gasteiger partial charge is 0.278 e. The predicted octanol–water partition coefficient (Wildman–Crippen LogP) is 4.26. The molecule has 29 heavy (non-hydrogen) atoms. The Morgan fingerprint density at radius 1 is 1.03 bits per heavy atom. The maximum Gasteiger partial charge on any atom is 0.278 e. The van der Waals surface area contributed by atoms with Crippen molar-refractivity contribution in [2.75, 3.05) is 5.32 Å². The molecule has 0 bridgehead atoms. The SMILES string of the molecule is O=C(Nc1cccc(Cl)c1)c1nnn(-c2ccccc2)c1CSc1ncccn1. The molecule has 2 aromatic carbocycles. The van der Waals surface area contributed by atoms with E-state index in [2.05, 4.69) is 25.6 Å². The lowest BCUT2D eigenvalue weighted by Crippen LogP contribution is -2.15. The zero-order valence-corrected chi connectivity index (χ0v) is 16.6. The monoisotopic (exact) mass is 422 g/mol. The van der Waals surface area contributed by atoms with Gasteiger partial charge in [0.1, 0.15) is 0 Å². The van der Waals surface area contributed by atoms with Crippen molar-refractivity contribution in [3.8, 4) is 5.69 Å². The quantitative estimate of drug-likeness (QED) is 0.369. The molecule has 0 atom stereocenters. The van der Waals surface area contributed by atoms with Crippen molar-refractivity contribution < 1.29 is 4.79 Å². The van der Waals surface area contributed by atoms with Gasteiger partial charge in [0.25, 0.3) is 5.91 Å². The van der Waals surface area contributed by atoms with Crippen LogP contribution in [0.4, 0.5) is 5.69 Å².